The van der Waals surface area contributed by atoms with Crippen molar-refractivity contribution in [3.8, 4) is 11.1 Å². The molecule has 1 fully saturated rings. The maximum Gasteiger partial charge on any atom is 0.254 e. The van der Waals surface area contributed by atoms with E-state index in [4.69, 9.17) is 4.98 Å². The van der Waals surface area contributed by atoms with Crippen LogP contribution in [0.5, 0.6) is 0 Å². The number of benzene rings is 1. The highest BCUT2D eigenvalue weighted by atomic mass is 19.1. The average Bonchev–Trinajstić information content (AvgIpc) is 2.79. The van der Waals surface area contributed by atoms with Gasteiger partial charge in [-0.1, -0.05) is 13.0 Å². The quantitative estimate of drug-likeness (QED) is 0.601. The van der Waals surface area contributed by atoms with Crippen LogP contribution in [0.15, 0.2) is 55.0 Å². The Kier molecular flexibility index (Phi) is 6.12. The van der Waals surface area contributed by atoms with Gasteiger partial charge in [-0.2, -0.15) is 0 Å². The highest BCUT2D eigenvalue weighted by Crippen LogP contribution is 2.36. The van der Waals surface area contributed by atoms with Gasteiger partial charge in [0.1, 0.15) is 11.6 Å². The molecule has 0 saturated carbocycles. The smallest absolute Gasteiger partial charge is 0.254 e. The fourth-order valence-electron chi connectivity index (χ4n) is 4.03. The summed E-state index contributed by atoms with van der Waals surface area (Å²) in [5.74, 6) is 0.226. The number of aryl methyl sites for hydroxylation is 1. The standard InChI is InChI=1S/C24H25FN4O/c1-2-6-22-27-16-20(17-10-12-26-13-11-17)23(28-22)21-9-3-4-14-29(21)24(30)18-7-5-8-19(25)15-18/h5,7-8,10-13,15-16,21H,2-4,6,9,14H2,1H3. The summed E-state index contributed by atoms with van der Waals surface area (Å²) in [6, 6.07) is 9.61. The molecule has 4 rings (SSSR count). The van der Waals surface area contributed by atoms with Crippen LogP contribution in [-0.2, 0) is 6.42 Å². The van der Waals surface area contributed by atoms with Gasteiger partial charge in [-0.15, -0.1) is 0 Å². The molecule has 1 aliphatic rings. The normalized spacial score (nSPS) is 16.5. The molecule has 1 aromatic carbocycles. The van der Waals surface area contributed by atoms with Gasteiger partial charge in [0, 0.05) is 42.7 Å². The van der Waals surface area contributed by atoms with E-state index >= 15 is 0 Å². The molecule has 0 N–H and O–H groups in total. The molecule has 0 radical (unpaired) electrons. The van der Waals surface area contributed by atoms with Gasteiger partial charge in [-0.25, -0.2) is 14.4 Å². The Bertz CT molecular complexity index is 1020. The van der Waals surface area contributed by atoms with Gasteiger partial charge in [0.05, 0.1) is 11.7 Å². The second-order valence-corrected chi connectivity index (χ2v) is 7.59. The maximum atomic E-state index is 13.7. The Labute approximate surface area is 176 Å². The number of likely N-dealkylation sites (tertiary alicyclic amines) is 1. The first-order valence-corrected chi connectivity index (χ1v) is 10.5. The van der Waals surface area contributed by atoms with Gasteiger partial charge in [0.25, 0.3) is 5.91 Å². The molecule has 1 aliphatic heterocycles. The molecule has 0 bridgehead atoms. The van der Waals surface area contributed by atoms with E-state index in [1.807, 2.05) is 23.2 Å². The zero-order chi connectivity index (χ0) is 20.9. The molecule has 5 nitrogen and oxygen atoms in total. The van der Waals surface area contributed by atoms with Gasteiger partial charge >= 0.3 is 0 Å². The first kappa shape index (κ1) is 20.1. The lowest BCUT2D eigenvalue weighted by molar-refractivity contribution is 0.0606. The van der Waals surface area contributed by atoms with Gasteiger partial charge in [0.15, 0.2) is 0 Å². The summed E-state index contributed by atoms with van der Waals surface area (Å²) in [7, 11) is 0. The number of hydrogen-bond donors (Lipinski definition) is 0. The van der Waals surface area contributed by atoms with Gasteiger partial charge in [-0.3, -0.25) is 9.78 Å². The fourth-order valence-corrected chi connectivity index (χ4v) is 4.03. The number of amides is 1. The minimum Gasteiger partial charge on any atom is -0.330 e. The van der Waals surface area contributed by atoms with Crippen LogP contribution in [0, 0.1) is 5.82 Å². The summed E-state index contributed by atoms with van der Waals surface area (Å²) in [5.41, 5.74) is 3.13. The minimum atomic E-state index is -0.404. The molecule has 1 unspecified atom stereocenters. The fraction of sp³-hybridized carbons (Fsp3) is 0.333. The van der Waals surface area contributed by atoms with Crippen LogP contribution in [-0.4, -0.2) is 32.3 Å². The number of carbonyl (C=O) groups is 1. The minimum absolute atomic E-state index is 0.157. The molecule has 2 aromatic heterocycles. The topological polar surface area (TPSA) is 59.0 Å². The van der Waals surface area contributed by atoms with Crippen molar-refractivity contribution in [2.75, 3.05) is 6.54 Å². The lowest BCUT2D eigenvalue weighted by Gasteiger charge is -2.36. The molecular formula is C24H25FN4O. The number of aromatic nitrogens is 3. The zero-order valence-corrected chi connectivity index (χ0v) is 17.1. The Morgan fingerprint density at radius 2 is 2.03 bits per heavy atom. The Morgan fingerprint density at radius 3 is 2.80 bits per heavy atom. The van der Waals surface area contributed by atoms with E-state index in [2.05, 4.69) is 16.9 Å². The number of pyridine rings is 1. The summed E-state index contributed by atoms with van der Waals surface area (Å²) in [6.07, 6.45) is 9.85. The lowest BCUT2D eigenvalue weighted by Crippen LogP contribution is -2.39. The van der Waals surface area contributed by atoms with Crippen molar-refractivity contribution in [1.82, 2.24) is 19.9 Å². The SMILES string of the molecule is CCCc1ncc(-c2ccncc2)c(C2CCCCN2C(=O)c2cccc(F)c2)n1. The number of hydrogen-bond acceptors (Lipinski definition) is 4. The van der Waals surface area contributed by atoms with Crippen LogP contribution in [0.25, 0.3) is 11.1 Å². The number of nitrogens with zero attached hydrogens (tertiary/aromatic N) is 4. The number of carbonyl (C=O) groups excluding carboxylic acids is 1. The predicted octanol–water partition coefficient (Wildman–Crippen LogP) is 5.00. The van der Waals surface area contributed by atoms with Gasteiger partial charge < -0.3 is 4.90 Å². The van der Waals surface area contributed by atoms with Crippen molar-refractivity contribution < 1.29 is 9.18 Å². The van der Waals surface area contributed by atoms with Crippen molar-refractivity contribution >= 4 is 5.91 Å². The van der Waals surface area contributed by atoms with Crippen molar-refractivity contribution in [3.05, 3.63) is 77.9 Å². The monoisotopic (exact) mass is 404 g/mol. The van der Waals surface area contributed by atoms with Crippen molar-refractivity contribution in [2.45, 2.75) is 45.1 Å². The van der Waals surface area contributed by atoms with Crippen LogP contribution >= 0.6 is 0 Å². The van der Waals surface area contributed by atoms with Crippen LogP contribution < -0.4 is 0 Å². The molecule has 1 saturated heterocycles. The number of rotatable bonds is 5. The summed E-state index contributed by atoms with van der Waals surface area (Å²) in [5, 5.41) is 0. The Hall–Kier alpha value is -3.15. The van der Waals surface area contributed by atoms with Gasteiger partial charge in [0.2, 0.25) is 0 Å². The Balaban J connectivity index is 1.77. The van der Waals surface area contributed by atoms with E-state index in [0.29, 0.717) is 12.1 Å². The second kappa shape index (κ2) is 9.11. The van der Waals surface area contributed by atoms with E-state index in [1.54, 1.807) is 24.5 Å². The van der Waals surface area contributed by atoms with E-state index in [9.17, 15) is 9.18 Å². The molecule has 6 heteroatoms. The molecule has 3 heterocycles. The van der Waals surface area contributed by atoms with Gasteiger partial charge in [-0.05, 0) is 61.6 Å². The molecule has 30 heavy (non-hydrogen) atoms. The third-order valence-corrected chi connectivity index (χ3v) is 5.48. The average molecular weight is 404 g/mol. The molecule has 1 atom stereocenters. The molecule has 1 amide bonds. The number of halogens is 1. The molecule has 0 aliphatic carbocycles. The zero-order valence-electron chi connectivity index (χ0n) is 17.1. The highest BCUT2D eigenvalue weighted by Gasteiger charge is 2.32. The third kappa shape index (κ3) is 4.22. The van der Waals surface area contributed by atoms with Crippen molar-refractivity contribution in [2.24, 2.45) is 0 Å². The molecule has 0 spiro atoms. The van der Waals surface area contributed by atoms with Crippen LogP contribution in [0.4, 0.5) is 4.39 Å². The van der Waals surface area contributed by atoms with Crippen molar-refractivity contribution in [3.63, 3.8) is 0 Å². The van der Waals surface area contributed by atoms with E-state index in [1.165, 1.54) is 12.1 Å². The summed E-state index contributed by atoms with van der Waals surface area (Å²) in [6.45, 7) is 2.73. The lowest BCUT2D eigenvalue weighted by atomic mass is 9.93. The first-order valence-electron chi connectivity index (χ1n) is 10.5. The predicted molar refractivity (Wildman–Crippen MR) is 113 cm³/mol. The van der Waals surface area contributed by atoms with E-state index in [0.717, 1.165) is 54.7 Å². The highest BCUT2D eigenvalue weighted by molar-refractivity contribution is 5.94. The summed E-state index contributed by atoms with van der Waals surface area (Å²) < 4.78 is 13.7. The third-order valence-electron chi connectivity index (χ3n) is 5.48. The summed E-state index contributed by atoms with van der Waals surface area (Å²) >= 11 is 0. The molecule has 3 aromatic rings. The Morgan fingerprint density at radius 1 is 1.20 bits per heavy atom. The van der Waals surface area contributed by atoms with Crippen LogP contribution in [0.1, 0.15) is 60.5 Å². The molecular weight excluding hydrogens is 379 g/mol. The largest absolute Gasteiger partial charge is 0.330 e. The first-order chi connectivity index (χ1) is 14.7. The number of piperidine rings is 1. The van der Waals surface area contributed by atoms with E-state index in [-0.39, 0.29) is 11.9 Å². The maximum absolute atomic E-state index is 13.7. The summed E-state index contributed by atoms with van der Waals surface area (Å²) in [4.78, 5) is 28.7. The van der Waals surface area contributed by atoms with Crippen molar-refractivity contribution in [1.29, 1.82) is 0 Å². The molecule has 154 valence electrons. The second-order valence-electron chi connectivity index (χ2n) is 7.59. The van der Waals surface area contributed by atoms with Crippen LogP contribution in [0.2, 0.25) is 0 Å². The van der Waals surface area contributed by atoms with Crippen LogP contribution in [0.3, 0.4) is 0 Å². The van der Waals surface area contributed by atoms with E-state index < -0.39 is 5.82 Å².